The van der Waals surface area contributed by atoms with Crippen LogP contribution >= 0.6 is 24.0 Å². The molecule has 2 rings (SSSR count). The van der Waals surface area contributed by atoms with E-state index >= 15 is 0 Å². The number of halogens is 1. The van der Waals surface area contributed by atoms with Crippen LogP contribution in [0.25, 0.3) is 0 Å². The number of hydrogen-bond donors (Lipinski definition) is 3. The van der Waals surface area contributed by atoms with Crippen LogP contribution in [-0.2, 0) is 11.8 Å². The van der Waals surface area contributed by atoms with E-state index in [-0.39, 0.29) is 24.0 Å². The van der Waals surface area contributed by atoms with Gasteiger partial charge >= 0.3 is 0 Å². The van der Waals surface area contributed by atoms with Gasteiger partial charge in [-0.05, 0) is 18.8 Å². The third-order valence-electron chi connectivity index (χ3n) is 3.70. The standard InChI is InChI=1S/C14H25N5O2.HI/c1-15-14(16-7-11-3-5-21-6-4-11)17-9-13(20)12-8-18-19(2)10-12;/h8,10-11,13,20H,3-7,9H2,1-2H3,(H2,15,16,17);1H. The first-order valence-corrected chi connectivity index (χ1v) is 7.38. The topological polar surface area (TPSA) is 83.7 Å². The van der Waals surface area contributed by atoms with Crippen molar-refractivity contribution in [2.24, 2.45) is 18.0 Å². The second-order valence-electron chi connectivity index (χ2n) is 5.35. The maximum atomic E-state index is 10.1. The third-order valence-corrected chi connectivity index (χ3v) is 3.70. The molecule has 126 valence electrons. The predicted molar refractivity (Wildman–Crippen MR) is 96.5 cm³/mol. The molecule has 1 fully saturated rings. The predicted octanol–water partition coefficient (Wildman–Crippen LogP) is 0.663. The van der Waals surface area contributed by atoms with E-state index in [1.54, 1.807) is 17.9 Å². The highest BCUT2D eigenvalue weighted by atomic mass is 127. The summed E-state index contributed by atoms with van der Waals surface area (Å²) in [6.45, 7) is 2.97. The van der Waals surface area contributed by atoms with Crippen molar-refractivity contribution in [1.82, 2.24) is 20.4 Å². The highest BCUT2D eigenvalue weighted by molar-refractivity contribution is 14.0. The number of guanidine groups is 1. The van der Waals surface area contributed by atoms with E-state index in [1.165, 1.54) is 0 Å². The van der Waals surface area contributed by atoms with Crippen molar-refractivity contribution in [2.45, 2.75) is 18.9 Å². The van der Waals surface area contributed by atoms with Gasteiger partial charge in [0.1, 0.15) is 0 Å². The highest BCUT2D eigenvalue weighted by Crippen LogP contribution is 2.13. The number of hydrogen-bond acceptors (Lipinski definition) is 4. The molecule has 0 bridgehead atoms. The van der Waals surface area contributed by atoms with Crippen LogP contribution in [0.3, 0.4) is 0 Å². The van der Waals surface area contributed by atoms with E-state index < -0.39 is 6.10 Å². The van der Waals surface area contributed by atoms with Crippen LogP contribution in [0.5, 0.6) is 0 Å². The Morgan fingerprint density at radius 3 is 2.82 bits per heavy atom. The smallest absolute Gasteiger partial charge is 0.191 e. The van der Waals surface area contributed by atoms with Crippen LogP contribution in [0.1, 0.15) is 24.5 Å². The fraction of sp³-hybridized carbons (Fsp3) is 0.714. The van der Waals surface area contributed by atoms with E-state index in [4.69, 9.17) is 4.74 Å². The first-order chi connectivity index (χ1) is 10.2. The number of aromatic nitrogens is 2. The Morgan fingerprint density at radius 1 is 1.50 bits per heavy atom. The third kappa shape index (κ3) is 6.09. The van der Waals surface area contributed by atoms with E-state index in [2.05, 4.69) is 20.7 Å². The normalized spacial score (nSPS) is 17.7. The molecule has 1 aliphatic rings. The number of nitrogens with zero attached hydrogens (tertiary/aromatic N) is 3. The summed E-state index contributed by atoms with van der Waals surface area (Å²) in [7, 11) is 3.56. The van der Waals surface area contributed by atoms with Gasteiger partial charge in [0.15, 0.2) is 5.96 Å². The molecule has 1 saturated heterocycles. The SMILES string of the molecule is CN=C(NCC1CCOCC1)NCC(O)c1cnn(C)c1.I. The van der Waals surface area contributed by atoms with Gasteiger partial charge in [-0.15, -0.1) is 24.0 Å². The lowest BCUT2D eigenvalue weighted by Crippen LogP contribution is -2.42. The molecule has 0 spiro atoms. The van der Waals surface area contributed by atoms with E-state index in [1.807, 2.05) is 13.2 Å². The van der Waals surface area contributed by atoms with Gasteiger partial charge in [0, 0.05) is 52.2 Å². The maximum absolute atomic E-state index is 10.1. The fourth-order valence-corrected chi connectivity index (χ4v) is 2.34. The molecule has 1 unspecified atom stereocenters. The number of nitrogens with one attached hydrogen (secondary N) is 2. The van der Waals surface area contributed by atoms with Crippen molar-refractivity contribution >= 4 is 29.9 Å². The molecule has 2 heterocycles. The van der Waals surface area contributed by atoms with E-state index in [0.717, 1.165) is 38.2 Å². The van der Waals surface area contributed by atoms with Gasteiger partial charge in [0.2, 0.25) is 0 Å². The second-order valence-corrected chi connectivity index (χ2v) is 5.35. The summed E-state index contributed by atoms with van der Waals surface area (Å²) in [5, 5.41) is 20.6. The molecular formula is C14H26IN5O2. The molecule has 22 heavy (non-hydrogen) atoms. The second kappa shape index (κ2) is 10.0. The minimum atomic E-state index is -0.597. The lowest BCUT2D eigenvalue weighted by molar-refractivity contribution is 0.0675. The molecule has 0 aromatic carbocycles. The van der Waals surface area contributed by atoms with Gasteiger partial charge in [-0.3, -0.25) is 9.67 Å². The van der Waals surface area contributed by atoms with Crippen LogP contribution in [0, 0.1) is 5.92 Å². The summed E-state index contributed by atoms with van der Waals surface area (Å²) in [5.41, 5.74) is 0.796. The maximum Gasteiger partial charge on any atom is 0.191 e. The average Bonchev–Trinajstić information content (AvgIpc) is 2.95. The Balaban J connectivity index is 0.00000242. The van der Waals surface area contributed by atoms with Crippen LogP contribution in [0.15, 0.2) is 17.4 Å². The lowest BCUT2D eigenvalue weighted by atomic mass is 10.0. The molecule has 1 aliphatic heterocycles. The van der Waals surface area contributed by atoms with Crippen LogP contribution in [-0.4, -0.2) is 54.2 Å². The number of aliphatic hydroxyl groups is 1. The van der Waals surface area contributed by atoms with Crippen molar-refractivity contribution in [2.75, 3.05) is 33.4 Å². The van der Waals surface area contributed by atoms with Gasteiger partial charge in [0.25, 0.3) is 0 Å². The van der Waals surface area contributed by atoms with Crippen molar-refractivity contribution < 1.29 is 9.84 Å². The Bertz CT molecular complexity index is 460. The van der Waals surface area contributed by atoms with Crippen LogP contribution < -0.4 is 10.6 Å². The zero-order chi connectivity index (χ0) is 15.1. The summed E-state index contributed by atoms with van der Waals surface area (Å²) in [6.07, 6.45) is 5.06. The Kier molecular flexibility index (Phi) is 8.72. The summed E-state index contributed by atoms with van der Waals surface area (Å²) in [6, 6.07) is 0. The Hall–Kier alpha value is -0.870. The van der Waals surface area contributed by atoms with Gasteiger partial charge in [-0.25, -0.2) is 0 Å². The van der Waals surface area contributed by atoms with Crippen molar-refractivity contribution in [3.05, 3.63) is 18.0 Å². The zero-order valence-corrected chi connectivity index (χ0v) is 15.5. The Morgan fingerprint density at radius 2 is 2.23 bits per heavy atom. The largest absolute Gasteiger partial charge is 0.386 e. The number of aliphatic hydroxyl groups excluding tert-OH is 1. The molecule has 0 amide bonds. The first kappa shape index (κ1) is 19.2. The molecule has 1 atom stereocenters. The lowest BCUT2D eigenvalue weighted by Gasteiger charge is -2.23. The molecule has 1 aromatic rings. The van der Waals surface area contributed by atoms with Gasteiger partial charge in [-0.1, -0.05) is 0 Å². The zero-order valence-electron chi connectivity index (χ0n) is 13.2. The number of aliphatic imine (C=N–C) groups is 1. The monoisotopic (exact) mass is 423 g/mol. The quantitative estimate of drug-likeness (QED) is 0.368. The molecule has 8 heteroatoms. The van der Waals surface area contributed by atoms with Crippen molar-refractivity contribution in [3.8, 4) is 0 Å². The van der Waals surface area contributed by atoms with Gasteiger partial charge < -0.3 is 20.5 Å². The van der Waals surface area contributed by atoms with E-state index in [0.29, 0.717) is 18.4 Å². The molecular weight excluding hydrogens is 397 g/mol. The number of ether oxygens (including phenoxy) is 1. The first-order valence-electron chi connectivity index (χ1n) is 7.38. The molecule has 7 nitrogen and oxygen atoms in total. The molecule has 0 aliphatic carbocycles. The number of aryl methyl sites for hydroxylation is 1. The van der Waals surface area contributed by atoms with Crippen molar-refractivity contribution in [3.63, 3.8) is 0 Å². The molecule has 0 saturated carbocycles. The van der Waals surface area contributed by atoms with Crippen molar-refractivity contribution in [1.29, 1.82) is 0 Å². The van der Waals surface area contributed by atoms with Gasteiger partial charge in [-0.2, -0.15) is 5.10 Å². The Labute approximate surface area is 148 Å². The average molecular weight is 423 g/mol. The van der Waals surface area contributed by atoms with Crippen LogP contribution in [0.4, 0.5) is 0 Å². The number of rotatable bonds is 5. The summed E-state index contributed by atoms with van der Waals surface area (Å²) in [4.78, 5) is 4.17. The molecule has 0 radical (unpaired) electrons. The summed E-state index contributed by atoms with van der Waals surface area (Å²) < 4.78 is 7.03. The van der Waals surface area contributed by atoms with E-state index in [9.17, 15) is 5.11 Å². The van der Waals surface area contributed by atoms with Gasteiger partial charge in [0.05, 0.1) is 12.3 Å². The summed E-state index contributed by atoms with van der Waals surface area (Å²) >= 11 is 0. The minimum Gasteiger partial charge on any atom is -0.386 e. The summed E-state index contributed by atoms with van der Waals surface area (Å²) in [5.74, 6) is 1.34. The molecule has 3 N–H and O–H groups in total. The molecule has 1 aromatic heterocycles. The highest BCUT2D eigenvalue weighted by Gasteiger charge is 2.15. The fourth-order valence-electron chi connectivity index (χ4n) is 2.34. The van der Waals surface area contributed by atoms with Crippen LogP contribution in [0.2, 0.25) is 0 Å². The minimum absolute atomic E-state index is 0.